The maximum Gasteiger partial charge on any atom is 0.418 e. The van der Waals surface area contributed by atoms with Gasteiger partial charge in [0.25, 0.3) is 0 Å². The van der Waals surface area contributed by atoms with Gasteiger partial charge in [0.15, 0.2) is 0 Å². The highest BCUT2D eigenvalue weighted by Gasteiger charge is 2.36. The summed E-state index contributed by atoms with van der Waals surface area (Å²) in [6.07, 6.45) is 5.86. The molecule has 69 valence electrons. The third-order valence-corrected chi connectivity index (χ3v) is 3.20. The molecule has 1 fully saturated rings. The van der Waals surface area contributed by atoms with Gasteiger partial charge in [-0.3, -0.25) is 0 Å². The summed E-state index contributed by atoms with van der Waals surface area (Å²) in [5.41, 5.74) is -0.252. The molecule has 12 heavy (non-hydrogen) atoms. The van der Waals surface area contributed by atoms with E-state index in [9.17, 15) is 4.79 Å². The molecule has 1 atom stereocenters. The fourth-order valence-electron chi connectivity index (χ4n) is 2.08. The van der Waals surface area contributed by atoms with Gasteiger partial charge in [-0.25, -0.2) is 4.79 Å². The van der Waals surface area contributed by atoms with Crippen molar-refractivity contribution in [3.05, 3.63) is 0 Å². The molecule has 0 saturated heterocycles. The standard InChI is InChI=1S/C10H17O2/c1-3-10(2,12-8-11)9-6-4-5-7-9/h9H,3-7H2,1-2H3. The highest BCUT2D eigenvalue weighted by atomic mass is 16.5. The van der Waals surface area contributed by atoms with Crippen LogP contribution in [0.4, 0.5) is 0 Å². The average molecular weight is 169 g/mol. The van der Waals surface area contributed by atoms with Crippen LogP contribution in [0.3, 0.4) is 0 Å². The van der Waals surface area contributed by atoms with Crippen molar-refractivity contribution in [2.45, 2.75) is 51.6 Å². The van der Waals surface area contributed by atoms with Gasteiger partial charge in [0.1, 0.15) is 5.60 Å². The van der Waals surface area contributed by atoms with Crippen molar-refractivity contribution in [1.29, 1.82) is 0 Å². The van der Waals surface area contributed by atoms with E-state index in [1.807, 2.05) is 6.92 Å². The Bertz CT molecular complexity index is 150. The molecule has 0 aromatic carbocycles. The average Bonchev–Trinajstić information content (AvgIpc) is 2.57. The number of hydrogen-bond acceptors (Lipinski definition) is 2. The van der Waals surface area contributed by atoms with Crippen LogP contribution in [0.5, 0.6) is 0 Å². The van der Waals surface area contributed by atoms with E-state index < -0.39 is 0 Å². The van der Waals surface area contributed by atoms with Gasteiger partial charge >= 0.3 is 6.47 Å². The molecular weight excluding hydrogens is 152 g/mol. The van der Waals surface area contributed by atoms with Gasteiger partial charge in [0.05, 0.1) is 0 Å². The highest BCUT2D eigenvalue weighted by Crippen LogP contribution is 2.37. The fourth-order valence-corrected chi connectivity index (χ4v) is 2.08. The van der Waals surface area contributed by atoms with E-state index in [4.69, 9.17) is 4.74 Å². The maximum atomic E-state index is 10.2. The second kappa shape index (κ2) is 3.92. The molecule has 0 aliphatic heterocycles. The van der Waals surface area contributed by atoms with E-state index in [1.165, 1.54) is 25.7 Å². The van der Waals surface area contributed by atoms with Crippen LogP contribution in [0, 0.1) is 5.92 Å². The quantitative estimate of drug-likeness (QED) is 0.646. The monoisotopic (exact) mass is 169 g/mol. The Morgan fingerprint density at radius 2 is 2.08 bits per heavy atom. The molecule has 0 N–H and O–H groups in total. The van der Waals surface area contributed by atoms with Crippen LogP contribution >= 0.6 is 0 Å². The van der Waals surface area contributed by atoms with Gasteiger partial charge in [0.2, 0.25) is 0 Å². The predicted molar refractivity (Wildman–Crippen MR) is 47.4 cm³/mol. The van der Waals surface area contributed by atoms with Crippen LogP contribution in [0.25, 0.3) is 0 Å². The summed E-state index contributed by atoms with van der Waals surface area (Å²) in [5.74, 6) is 0.559. The first-order valence-corrected chi connectivity index (χ1v) is 4.78. The van der Waals surface area contributed by atoms with E-state index in [0.717, 1.165) is 6.42 Å². The van der Waals surface area contributed by atoms with Gasteiger partial charge < -0.3 is 4.74 Å². The zero-order chi connectivity index (χ0) is 9.03. The lowest BCUT2D eigenvalue weighted by Gasteiger charge is -2.32. The SMILES string of the molecule is CCC(C)(O[C]=O)C1CCCC1. The molecule has 0 aromatic heterocycles. The minimum Gasteiger partial charge on any atom is -0.451 e. The lowest BCUT2D eigenvalue weighted by Crippen LogP contribution is -2.35. The van der Waals surface area contributed by atoms with Crippen molar-refractivity contribution < 1.29 is 9.53 Å². The number of hydrogen-bond donors (Lipinski definition) is 0. The van der Waals surface area contributed by atoms with Crippen LogP contribution in [0.15, 0.2) is 0 Å². The third-order valence-electron chi connectivity index (χ3n) is 3.20. The second-order valence-electron chi connectivity index (χ2n) is 3.83. The summed E-state index contributed by atoms with van der Waals surface area (Å²) >= 11 is 0. The summed E-state index contributed by atoms with van der Waals surface area (Å²) in [7, 11) is 0. The van der Waals surface area contributed by atoms with E-state index in [1.54, 1.807) is 6.47 Å². The Hall–Kier alpha value is -0.530. The van der Waals surface area contributed by atoms with Crippen molar-refractivity contribution in [3.8, 4) is 0 Å². The molecule has 0 bridgehead atoms. The molecule has 0 aromatic rings. The molecule has 1 aliphatic carbocycles. The van der Waals surface area contributed by atoms with Gasteiger partial charge in [-0.15, -0.1) is 0 Å². The highest BCUT2D eigenvalue weighted by molar-refractivity contribution is 5.39. The van der Waals surface area contributed by atoms with Crippen LogP contribution in [0.1, 0.15) is 46.0 Å². The normalized spacial score (nSPS) is 23.5. The van der Waals surface area contributed by atoms with E-state index in [-0.39, 0.29) is 5.60 Å². The van der Waals surface area contributed by atoms with Crippen LogP contribution in [-0.4, -0.2) is 12.1 Å². The van der Waals surface area contributed by atoms with Crippen LogP contribution in [-0.2, 0) is 9.53 Å². The van der Waals surface area contributed by atoms with Crippen molar-refractivity contribution in [3.63, 3.8) is 0 Å². The Kier molecular flexibility index (Phi) is 3.12. The van der Waals surface area contributed by atoms with Gasteiger partial charge in [-0.2, -0.15) is 0 Å². The molecule has 2 nitrogen and oxygen atoms in total. The molecule has 1 aliphatic rings. The van der Waals surface area contributed by atoms with Crippen molar-refractivity contribution in [1.82, 2.24) is 0 Å². The molecule has 1 unspecified atom stereocenters. The lowest BCUT2D eigenvalue weighted by molar-refractivity contribution is 0.00922. The molecule has 0 amide bonds. The summed E-state index contributed by atoms with van der Waals surface area (Å²) in [6.45, 7) is 5.67. The van der Waals surface area contributed by atoms with E-state index in [0.29, 0.717) is 5.92 Å². The smallest absolute Gasteiger partial charge is 0.418 e. The first kappa shape index (κ1) is 9.56. The number of carbonyl (C=O) groups excluding carboxylic acids is 1. The number of rotatable bonds is 4. The summed E-state index contributed by atoms with van der Waals surface area (Å²) in [5, 5.41) is 0. The minimum absolute atomic E-state index is 0.252. The summed E-state index contributed by atoms with van der Waals surface area (Å²) in [4.78, 5) is 10.2. The summed E-state index contributed by atoms with van der Waals surface area (Å²) < 4.78 is 5.06. The van der Waals surface area contributed by atoms with Crippen molar-refractivity contribution in [2.24, 2.45) is 5.92 Å². The molecule has 1 rings (SSSR count). The lowest BCUT2D eigenvalue weighted by atomic mass is 9.85. The Morgan fingerprint density at radius 1 is 1.50 bits per heavy atom. The van der Waals surface area contributed by atoms with Gasteiger partial charge in [-0.05, 0) is 32.1 Å². The van der Waals surface area contributed by atoms with Crippen molar-refractivity contribution >= 4 is 6.47 Å². The Labute approximate surface area is 74.3 Å². The fraction of sp³-hybridized carbons (Fsp3) is 0.900. The minimum atomic E-state index is -0.252. The number of ether oxygens (including phenoxy) is 1. The molecule has 1 saturated carbocycles. The second-order valence-corrected chi connectivity index (χ2v) is 3.83. The van der Waals surface area contributed by atoms with E-state index in [2.05, 4.69) is 6.92 Å². The van der Waals surface area contributed by atoms with Crippen molar-refractivity contribution in [2.75, 3.05) is 0 Å². The first-order valence-electron chi connectivity index (χ1n) is 4.78. The summed E-state index contributed by atoms with van der Waals surface area (Å²) in [6, 6.07) is 0. The molecule has 0 spiro atoms. The molecular formula is C10H17O2. The topological polar surface area (TPSA) is 26.3 Å². The molecule has 0 heterocycles. The first-order chi connectivity index (χ1) is 5.73. The molecule has 2 heteroatoms. The van der Waals surface area contributed by atoms with Gasteiger partial charge in [-0.1, -0.05) is 19.8 Å². The predicted octanol–water partition coefficient (Wildman–Crippen LogP) is 2.43. The van der Waals surface area contributed by atoms with E-state index >= 15 is 0 Å². The third kappa shape index (κ3) is 1.79. The Balaban J connectivity index is 2.56. The Morgan fingerprint density at radius 3 is 2.50 bits per heavy atom. The zero-order valence-electron chi connectivity index (χ0n) is 7.93. The largest absolute Gasteiger partial charge is 0.451 e. The van der Waals surface area contributed by atoms with Crippen LogP contribution in [0.2, 0.25) is 0 Å². The van der Waals surface area contributed by atoms with Crippen LogP contribution < -0.4 is 0 Å². The van der Waals surface area contributed by atoms with Gasteiger partial charge in [0, 0.05) is 0 Å². The molecule has 1 radical (unpaired) electrons. The maximum absolute atomic E-state index is 10.2. The zero-order valence-corrected chi connectivity index (χ0v) is 7.93.